The minimum Gasteiger partial charge on any atom is -0.361 e. The van der Waals surface area contributed by atoms with Crippen molar-refractivity contribution in [3.8, 4) is 0 Å². The fourth-order valence-corrected chi connectivity index (χ4v) is 4.75. The number of aromatic amines is 1. The molecule has 0 amide bonds. The van der Waals surface area contributed by atoms with E-state index in [2.05, 4.69) is 47.4 Å². The lowest BCUT2D eigenvalue weighted by atomic mass is 9.88. The SMILES string of the molecule is Cc1ccc2[nH]cc(CN3CCc4nc(C5CCCCC5)ncc4C3)c2c1. The number of hydrogen-bond acceptors (Lipinski definition) is 3. The minimum atomic E-state index is 0.594. The molecule has 3 aromatic rings. The summed E-state index contributed by atoms with van der Waals surface area (Å²) in [5.74, 6) is 1.70. The fourth-order valence-electron chi connectivity index (χ4n) is 4.75. The molecule has 0 radical (unpaired) electrons. The summed E-state index contributed by atoms with van der Waals surface area (Å²) in [4.78, 5) is 15.7. The van der Waals surface area contributed by atoms with Crippen LogP contribution < -0.4 is 0 Å². The van der Waals surface area contributed by atoms with Gasteiger partial charge in [-0.25, -0.2) is 9.97 Å². The van der Waals surface area contributed by atoms with Crippen molar-refractivity contribution in [2.24, 2.45) is 0 Å². The zero-order valence-electron chi connectivity index (χ0n) is 16.2. The van der Waals surface area contributed by atoms with Crippen molar-refractivity contribution in [3.05, 3.63) is 58.8 Å². The Morgan fingerprint density at radius 1 is 1.19 bits per heavy atom. The summed E-state index contributed by atoms with van der Waals surface area (Å²) < 4.78 is 0. The van der Waals surface area contributed by atoms with Crippen molar-refractivity contribution < 1.29 is 0 Å². The second-order valence-electron chi connectivity index (χ2n) is 8.36. The van der Waals surface area contributed by atoms with E-state index < -0.39 is 0 Å². The molecule has 2 aromatic heterocycles. The number of aryl methyl sites for hydroxylation is 1. The van der Waals surface area contributed by atoms with Gasteiger partial charge in [-0.3, -0.25) is 4.90 Å². The van der Waals surface area contributed by atoms with E-state index >= 15 is 0 Å². The summed E-state index contributed by atoms with van der Waals surface area (Å²) in [6.45, 7) is 5.17. The minimum absolute atomic E-state index is 0.594. The molecule has 140 valence electrons. The van der Waals surface area contributed by atoms with Crippen LogP contribution in [0.25, 0.3) is 10.9 Å². The van der Waals surface area contributed by atoms with Gasteiger partial charge < -0.3 is 4.98 Å². The summed E-state index contributed by atoms with van der Waals surface area (Å²) in [6, 6.07) is 6.64. The van der Waals surface area contributed by atoms with Crippen molar-refractivity contribution in [1.29, 1.82) is 0 Å². The zero-order valence-corrected chi connectivity index (χ0v) is 16.2. The number of nitrogens with one attached hydrogen (secondary N) is 1. The quantitative estimate of drug-likeness (QED) is 0.724. The van der Waals surface area contributed by atoms with Crippen molar-refractivity contribution >= 4 is 10.9 Å². The molecule has 1 aromatic carbocycles. The molecule has 1 aliphatic carbocycles. The Hall–Kier alpha value is -2.20. The van der Waals surface area contributed by atoms with Gasteiger partial charge in [0.25, 0.3) is 0 Å². The number of nitrogens with zero attached hydrogens (tertiary/aromatic N) is 3. The third-order valence-corrected chi connectivity index (χ3v) is 6.32. The normalized spacial score (nSPS) is 18.7. The molecule has 0 unspecified atom stereocenters. The second kappa shape index (κ2) is 7.08. The maximum Gasteiger partial charge on any atom is 0.131 e. The predicted molar refractivity (Wildman–Crippen MR) is 109 cm³/mol. The highest BCUT2D eigenvalue weighted by molar-refractivity contribution is 5.83. The van der Waals surface area contributed by atoms with E-state index in [4.69, 9.17) is 9.97 Å². The van der Waals surface area contributed by atoms with E-state index in [1.54, 1.807) is 0 Å². The maximum atomic E-state index is 4.99. The smallest absolute Gasteiger partial charge is 0.131 e. The predicted octanol–water partition coefficient (Wildman–Crippen LogP) is 4.87. The molecule has 0 spiro atoms. The van der Waals surface area contributed by atoms with E-state index in [-0.39, 0.29) is 0 Å². The first-order chi connectivity index (χ1) is 13.3. The lowest BCUT2D eigenvalue weighted by Gasteiger charge is -2.29. The van der Waals surface area contributed by atoms with Crippen LogP contribution in [0, 0.1) is 6.92 Å². The Kier molecular flexibility index (Phi) is 4.44. The summed E-state index contributed by atoms with van der Waals surface area (Å²) in [7, 11) is 0. The largest absolute Gasteiger partial charge is 0.361 e. The first-order valence-corrected chi connectivity index (χ1v) is 10.4. The summed E-state index contributed by atoms with van der Waals surface area (Å²) >= 11 is 0. The molecule has 1 N–H and O–H groups in total. The molecule has 0 bridgehead atoms. The lowest BCUT2D eigenvalue weighted by Crippen LogP contribution is -2.31. The van der Waals surface area contributed by atoms with E-state index in [0.717, 1.165) is 31.9 Å². The first kappa shape index (κ1) is 16.9. The number of fused-ring (bicyclic) bond motifs is 2. The van der Waals surface area contributed by atoms with Gasteiger partial charge in [0.1, 0.15) is 5.82 Å². The molecule has 0 atom stereocenters. The van der Waals surface area contributed by atoms with E-state index in [1.807, 2.05) is 0 Å². The monoisotopic (exact) mass is 360 g/mol. The van der Waals surface area contributed by atoms with E-state index in [0.29, 0.717) is 5.92 Å². The van der Waals surface area contributed by atoms with Crippen LogP contribution in [0.15, 0.2) is 30.6 Å². The van der Waals surface area contributed by atoms with Crippen LogP contribution in [0.2, 0.25) is 0 Å². The van der Waals surface area contributed by atoms with Crippen LogP contribution in [0.5, 0.6) is 0 Å². The summed E-state index contributed by atoms with van der Waals surface area (Å²) in [5.41, 5.74) is 6.54. The van der Waals surface area contributed by atoms with Gasteiger partial charge in [0.05, 0.1) is 0 Å². The van der Waals surface area contributed by atoms with Crippen molar-refractivity contribution in [1.82, 2.24) is 19.9 Å². The average molecular weight is 361 g/mol. The summed E-state index contributed by atoms with van der Waals surface area (Å²) in [5, 5.41) is 1.35. The number of benzene rings is 1. The molecular formula is C23H28N4. The second-order valence-corrected chi connectivity index (χ2v) is 8.36. The maximum absolute atomic E-state index is 4.99. The van der Waals surface area contributed by atoms with Crippen LogP contribution in [0.3, 0.4) is 0 Å². The van der Waals surface area contributed by atoms with Gasteiger partial charge in [-0.1, -0.05) is 30.9 Å². The molecule has 0 saturated heterocycles. The number of hydrogen-bond donors (Lipinski definition) is 1. The average Bonchev–Trinajstić information content (AvgIpc) is 3.10. The van der Waals surface area contributed by atoms with Gasteiger partial charge in [0.15, 0.2) is 0 Å². The topological polar surface area (TPSA) is 44.8 Å². The van der Waals surface area contributed by atoms with Gasteiger partial charge >= 0.3 is 0 Å². The van der Waals surface area contributed by atoms with Crippen LogP contribution in [-0.4, -0.2) is 26.4 Å². The molecular weight excluding hydrogens is 332 g/mol. The molecule has 1 saturated carbocycles. The highest BCUT2D eigenvalue weighted by Crippen LogP contribution is 2.31. The molecule has 3 heterocycles. The molecule has 4 heteroatoms. The van der Waals surface area contributed by atoms with Gasteiger partial charge in [0.2, 0.25) is 0 Å². The van der Waals surface area contributed by atoms with Crippen LogP contribution in [0.1, 0.15) is 66.2 Å². The molecule has 4 nitrogen and oxygen atoms in total. The van der Waals surface area contributed by atoms with Crippen molar-refractivity contribution in [2.75, 3.05) is 6.54 Å². The number of H-pyrrole nitrogens is 1. The first-order valence-electron chi connectivity index (χ1n) is 10.4. The van der Waals surface area contributed by atoms with Crippen molar-refractivity contribution in [3.63, 3.8) is 0 Å². The standard InChI is InChI=1S/C23H28N4/c1-16-7-8-22-20(11-16)18(12-24-22)14-27-10-9-21-19(15-27)13-25-23(26-21)17-5-3-2-4-6-17/h7-8,11-13,17,24H,2-6,9-10,14-15H2,1H3. The van der Waals surface area contributed by atoms with E-state index in [9.17, 15) is 0 Å². The third-order valence-electron chi connectivity index (χ3n) is 6.32. The zero-order chi connectivity index (χ0) is 18.2. The van der Waals surface area contributed by atoms with Crippen LogP contribution in [0.4, 0.5) is 0 Å². The Morgan fingerprint density at radius 2 is 2.07 bits per heavy atom. The highest BCUT2D eigenvalue weighted by atomic mass is 15.1. The fraction of sp³-hybridized carbons (Fsp3) is 0.478. The molecule has 1 fully saturated rings. The number of rotatable bonds is 3. The van der Waals surface area contributed by atoms with Gasteiger partial charge in [-0.2, -0.15) is 0 Å². The third kappa shape index (κ3) is 3.39. The Morgan fingerprint density at radius 3 is 2.96 bits per heavy atom. The highest BCUT2D eigenvalue weighted by Gasteiger charge is 2.23. The molecule has 1 aliphatic heterocycles. The summed E-state index contributed by atoms with van der Waals surface area (Å²) in [6.07, 6.45) is 11.9. The van der Waals surface area contributed by atoms with Gasteiger partial charge in [0, 0.05) is 66.5 Å². The van der Waals surface area contributed by atoms with E-state index in [1.165, 1.54) is 65.4 Å². The van der Waals surface area contributed by atoms with Crippen LogP contribution in [-0.2, 0) is 19.5 Å². The van der Waals surface area contributed by atoms with Crippen LogP contribution >= 0.6 is 0 Å². The van der Waals surface area contributed by atoms with Gasteiger partial charge in [-0.15, -0.1) is 0 Å². The van der Waals surface area contributed by atoms with Crippen molar-refractivity contribution in [2.45, 2.75) is 64.5 Å². The number of aromatic nitrogens is 3. The molecule has 27 heavy (non-hydrogen) atoms. The Balaban J connectivity index is 1.32. The molecule has 2 aliphatic rings. The van der Waals surface area contributed by atoms with Gasteiger partial charge in [-0.05, 0) is 37.5 Å². The molecule has 5 rings (SSSR count). The lowest BCUT2D eigenvalue weighted by molar-refractivity contribution is 0.243. The Labute approximate surface area is 161 Å². The Bertz CT molecular complexity index is 952.